The fraction of sp³-hybridized carbons (Fsp3) is 0.333. The number of halogens is 2. The zero-order chi connectivity index (χ0) is 9.14. The van der Waals surface area contributed by atoms with Gasteiger partial charge in [-0.1, -0.05) is 17.7 Å². The van der Waals surface area contributed by atoms with E-state index in [1.807, 2.05) is 13.8 Å². The van der Waals surface area contributed by atoms with E-state index in [2.05, 4.69) is 5.32 Å². The Kier molecular flexibility index (Phi) is 2.93. The number of hydrogen-bond donors (Lipinski definition) is 1. The van der Waals surface area contributed by atoms with Crippen molar-refractivity contribution in [3.8, 4) is 0 Å². The molecule has 12 heavy (non-hydrogen) atoms. The van der Waals surface area contributed by atoms with E-state index in [1.54, 1.807) is 12.1 Å². The predicted octanol–water partition coefficient (Wildman–Crippen LogP) is 3.30. The van der Waals surface area contributed by atoms with Crippen molar-refractivity contribution in [1.82, 2.24) is 0 Å². The molecule has 0 bridgehead atoms. The first-order chi connectivity index (χ1) is 5.61. The number of anilines is 1. The van der Waals surface area contributed by atoms with Gasteiger partial charge in [-0.15, -0.1) is 0 Å². The van der Waals surface area contributed by atoms with Crippen LogP contribution in [0.2, 0.25) is 5.02 Å². The van der Waals surface area contributed by atoms with Gasteiger partial charge in [0.05, 0.1) is 10.7 Å². The topological polar surface area (TPSA) is 12.0 Å². The molecule has 1 rings (SSSR count). The van der Waals surface area contributed by atoms with Gasteiger partial charge in [0.25, 0.3) is 0 Å². The van der Waals surface area contributed by atoms with Crippen molar-refractivity contribution in [2.24, 2.45) is 0 Å². The van der Waals surface area contributed by atoms with Crippen molar-refractivity contribution in [2.75, 3.05) is 5.32 Å². The fourth-order valence-electron chi connectivity index (χ4n) is 0.924. The third-order valence-corrected chi connectivity index (χ3v) is 1.71. The number of benzene rings is 1. The van der Waals surface area contributed by atoms with Crippen LogP contribution in [0.15, 0.2) is 18.2 Å². The fourth-order valence-corrected chi connectivity index (χ4v) is 1.14. The lowest BCUT2D eigenvalue weighted by Crippen LogP contribution is -2.11. The Bertz CT molecular complexity index is 253. The first kappa shape index (κ1) is 9.33. The van der Waals surface area contributed by atoms with Crippen LogP contribution in [-0.4, -0.2) is 6.04 Å². The number of rotatable bonds is 2. The normalized spacial score (nSPS) is 10.4. The van der Waals surface area contributed by atoms with Crippen LogP contribution in [0.25, 0.3) is 0 Å². The molecule has 1 aromatic carbocycles. The lowest BCUT2D eigenvalue weighted by atomic mass is 10.2. The molecule has 1 N–H and O–H groups in total. The van der Waals surface area contributed by atoms with E-state index in [0.717, 1.165) is 0 Å². The average molecular weight is 188 g/mol. The maximum absolute atomic E-state index is 13.1. The van der Waals surface area contributed by atoms with Gasteiger partial charge in [0.2, 0.25) is 0 Å². The average Bonchev–Trinajstić information content (AvgIpc) is 1.97. The second-order valence-corrected chi connectivity index (χ2v) is 3.30. The third kappa shape index (κ3) is 2.11. The molecule has 66 valence electrons. The Morgan fingerprint density at radius 1 is 1.42 bits per heavy atom. The van der Waals surface area contributed by atoms with Crippen molar-refractivity contribution in [3.05, 3.63) is 29.0 Å². The Morgan fingerprint density at radius 2 is 2.08 bits per heavy atom. The molecule has 0 unspecified atom stereocenters. The largest absolute Gasteiger partial charge is 0.379 e. The first-order valence-corrected chi connectivity index (χ1v) is 4.19. The molecule has 0 aliphatic heterocycles. The summed E-state index contributed by atoms with van der Waals surface area (Å²) < 4.78 is 13.1. The van der Waals surface area contributed by atoms with Crippen LogP contribution >= 0.6 is 11.6 Å². The van der Waals surface area contributed by atoms with E-state index in [-0.39, 0.29) is 11.9 Å². The second-order valence-electron chi connectivity index (χ2n) is 2.90. The lowest BCUT2D eigenvalue weighted by molar-refractivity contribution is 0.628. The van der Waals surface area contributed by atoms with Gasteiger partial charge in [-0.3, -0.25) is 0 Å². The van der Waals surface area contributed by atoms with E-state index >= 15 is 0 Å². The summed E-state index contributed by atoms with van der Waals surface area (Å²) in [6.07, 6.45) is 0. The van der Waals surface area contributed by atoms with Crippen LogP contribution in [0.3, 0.4) is 0 Å². The van der Waals surface area contributed by atoms with E-state index in [0.29, 0.717) is 10.7 Å². The summed E-state index contributed by atoms with van der Waals surface area (Å²) in [7, 11) is 0. The van der Waals surface area contributed by atoms with Gasteiger partial charge in [-0.25, -0.2) is 4.39 Å². The van der Waals surface area contributed by atoms with Gasteiger partial charge < -0.3 is 5.32 Å². The van der Waals surface area contributed by atoms with E-state index in [9.17, 15) is 4.39 Å². The molecule has 0 amide bonds. The Labute approximate surface area is 76.5 Å². The van der Waals surface area contributed by atoms with Gasteiger partial charge in [-0.05, 0) is 26.0 Å². The molecule has 0 aromatic heterocycles. The van der Waals surface area contributed by atoms with Crippen LogP contribution in [0.1, 0.15) is 13.8 Å². The van der Waals surface area contributed by atoms with Crippen LogP contribution in [0.4, 0.5) is 10.1 Å². The van der Waals surface area contributed by atoms with Gasteiger partial charge in [-0.2, -0.15) is 0 Å². The molecule has 0 aliphatic carbocycles. The van der Waals surface area contributed by atoms with Crippen molar-refractivity contribution in [1.29, 1.82) is 0 Å². The summed E-state index contributed by atoms with van der Waals surface area (Å²) >= 11 is 5.77. The van der Waals surface area contributed by atoms with E-state index in [1.165, 1.54) is 6.07 Å². The summed E-state index contributed by atoms with van der Waals surface area (Å²) in [5.74, 6) is -0.309. The van der Waals surface area contributed by atoms with Crippen molar-refractivity contribution >= 4 is 17.3 Å². The van der Waals surface area contributed by atoms with Crippen molar-refractivity contribution in [2.45, 2.75) is 19.9 Å². The first-order valence-electron chi connectivity index (χ1n) is 3.82. The second kappa shape index (κ2) is 3.76. The predicted molar refractivity (Wildman–Crippen MR) is 50.2 cm³/mol. The van der Waals surface area contributed by atoms with E-state index < -0.39 is 0 Å². The summed E-state index contributed by atoms with van der Waals surface area (Å²) in [6, 6.07) is 4.81. The molecule has 0 saturated heterocycles. The highest BCUT2D eigenvalue weighted by Crippen LogP contribution is 2.24. The number of hydrogen-bond acceptors (Lipinski definition) is 1. The van der Waals surface area contributed by atoms with E-state index in [4.69, 9.17) is 11.6 Å². The molecule has 0 heterocycles. The molecule has 1 nitrogen and oxygen atoms in total. The zero-order valence-corrected chi connectivity index (χ0v) is 7.82. The standard InChI is InChI=1S/C9H11ClFN/c1-6(2)12-9-7(10)4-3-5-8(9)11/h3-6,12H,1-2H3. The van der Waals surface area contributed by atoms with Crippen LogP contribution in [0, 0.1) is 5.82 Å². The smallest absolute Gasteiger partial charge is 0.147 e. The monoisotopic (exact) mass is 187 g/mol. The molecule has 0 atom stereocenters. The molecular formula is C9H11ClFN. The van der Waals surface area contributed by atoms with Crippen molar-refractivity contribution in [3.63, 3.8) is 0 Å². The Morgan fingerprint density at radius 3 is 2.58 bits per heavy atom. The van der Waals surface area contributed by atoms with Gasteiger partial charge in [0.1, 0.15) is 5.82 Å². The van der Waals surface area contributed by atoms with Crippen LogP contribution in [-0.2, 0) is 0 Å². The zero-order valence-electron chi connectivity index (χ0n) is 7.07. The molecule has 0 saturated carbocycles. The Hall–Kier alpha value is -0.760. The molecule has 0 radical (unpaired) electrons. The molecular weight excluding hydrogens is 177 g/mol. The minimum atomic E-state index is -0.309. The van der Waals surface area contributed by atoms with Gasteiger partial charge >= 0.3 is 0 Å². The van der Waals surface area contributed by atoms with Crippen LogP contribution in [0.5, 0.6) is 0 Å². The third-order valence-electron chi connectivity index (χ3n) is 1.40. The van der Waals surface area contributed by atoms with Gasteiger partial charge in [0.15, 0.2) is 0 Å². The number of para-hydroxylation sites is 1. The summed E-state index contributed by atoms with van der Waals surface area (Å²) in [4.78, 5) is 0. The minimum Gasteiger partial charge on any atom is -0.379 e. The molecule has 1 aromatic rings. The van der Waals surface area contributed by atoms with Crippen molar-refractivity contribution < 1.29 is 4.39 Å². The minimum absolute atomic E-state index is 0.180. The Balaban J connectivity index is 2.96. The highest BCUT2D eigenvalue weighted by molar-refractivity contribution is 6.33. The quantitative estimate of drug-likeness (QED) is 0.749. The highest BCUT2D eigenvalue weighted by atomic mass is 35.5. The summed E-state index contributed by atoms with van der Waals surface area (Å²) in [5, 5.41) is 3.35. The molecule has 0 fully saturated rings. The molecule has 0 spiro atoms. The molecule has 3 heteroatoms. The SMILES string of the molecule is CC(C)Nc1c(F)cccc1Cl. The maximum atomic E-state index is 13.1. The van der Waals surface area contributed by atoms with Crippen LogP contribution < -0.4 is 5.32 Å². The highest BCUT2D eigenvalue weighted by Gasteiger charge is 2.06. The lowest BCUT2D eigenvalue weighted by Gasteiger charge is -2.11. The maximum Gasteiger partial charge on any atom is 0.147 e. The van der Waals surface area contributed by atoms with Gasteiger partial charge in [0, 0.05) is 6.04 Å². The molecule has 0 aliphatic rings. The summed E-state index contributed by atoms with van der Waals surface area (Å²) in [5.41, 5.74) is 0.383. The summed E-state index contributed by atoms with van der Waals surface area (Å²) in [6.45, 7) is 3.87. The number of nitrogens with one attached hydrogen (secondary N) is 1.